The fraction of sp³-hybridized carbons (Fsp3) is 0.250. The molecule has 0 amide bonds. The van der Waals surface area contributed by atoms with Gasteiger partial charge in [0.05, 0.1) is 5.56 Å². The first-order valence-electron chi connectivity index (χ1n) is 5.73. The molecule has 0 aliphatic heterocycles. The minimum Gasteiger partial charge on any atom is -0.423 e. The predicted molar refractivity (Wildman–Crippen MR) is 66.7 cm³/mol. The van der Waals surface area contributed by atoms with Crippen molar-refractivity contribution in [3.05, 3.63) is 35.4 Å². The molecule has 0 aliphatic rings. The Hall–Kier alpha value is -2.08. The van der Waals surface area contributed by atoms with Crippen LogP contribution in [-0.2, 0) is 27.3 Å². The summed E-state index contributed by atoms with van der Waals surface area (Å²) in [5.74, 6) is -3.02. The van der Waals surface area contributed by atoms with Gasteiger partial charge in [-0.15, -0.1) is 0 Å². The lowest BCUT2D eigenvalue weighted by atomic mass is 10.0. The quantitative estimate of drug-likeness (QED) is 0.287. The number of esters is 1. The third-order valence-corrected chi connectivity index (χ3v) is 3.42. The summed E-state index contributed by atoms with van der Waals surface area (Å²) in [6.45, 7) is 4.09. The molecule has 134 valence electrons. The van der Waals surface area contributed by atoms with Gasteiger partial charge in [-0.1, -0.05) is 6.58 Å². The molecule has 0 atom stereocenters. The summed E-state index contributed by atoms with van der Waals surface area (Å²) in [6.07, 6.45) is -11.6. The number of alkyl halides is 6. The Labute approximate surface area is 131 Å². The average molecular weight is 378 g/mol. The van der Waals surface area contributed by atoms with Crippen LogP contribution in [0.3, 0.4) is 0 Å². The number of rotatable bonds is 3. The minimum absolute atomic E-state index is 0.0500. The Morgan fingerprint density at radius 1 is 1.08 bits per heavy atom. The second-order valence-corrected chi connectivity index (χ2v) is 5.84. The molecule has 0 fully saturated rings. The van der Waals surface area contributed by atoms with E-state index in [4.69, 9.17) is 4.55 Å². The van der Waals surface area contributed by atoms with Crippen molar-refractivity contribution < 1.29 is 48.8 Å². The lowest BCUT2D eigenvalue weighted by Crippen LogP contribution is -2.23. The van der Waals surface area contributed by atoms with Gasteiger partial charge in [-0.3, -0.25) is 4.55 Å². The molecule has 0 aromatic heterocycles. The van der Waals surface area contributed by atoms with E-state index >= 15 is 0 Å². The molecule has 0 radical (unpaired) electrons. The van der Waals surface area contributed by atoms with Gasteiger partial charge in [0.1, 0.15) is 16.2 Å². The molecule has 0 heterocycles. The number of ether oxygens (including phenoxy) is 1. The maximum absolute atomic E-state index is 13.1. The van der Waals surface area contributed by atoms with E-state index in [1.165, 1.54) is 0 Å². The summed E-state index contributed by atoms with van der Waals surface area (Å²) in [6, 6.07) is 0.233. The second kappa shape index (κ2) is 6.09. The van der Waals surface area contributed by atoms with Gasteiger partial charge in [0.2, 0.25) is 0 Å². The molecule has 0 saturated heterocycles. The van der Waals surface area contributed by atoms with Gasteiger partial charge >= 0.3 is 18.3 Å². The summed E-state index contributed by atoms with van der Waals surface area (Å²) in [7, 11) is -5.64. The van der Waals surface area contributed by atoms with Crippen LogP contribution in [0.15, 0.2) is 29.2 Å². The molecule has 12 heteroatoms. The molecule has 0 saturated carbocycles. The zero-order valence-electron chi connectivity index (χ0n) is 11.6. The third-order valence-electron chi connectivity index (χ3n) is 2.52. The Bertz CT molecular complexity index is 791. The van der Waals surface area contributed by atoms with Crippen molar-refractivity contribution in [3.63, 3.8) is 0 Å². The standard InChI is InChI=1S/C12H8F6O5S/c1-5(2)10(19)23-6-3-4-7(24(20,21)22)9(12(16,17)18)8(6)11(13,14)15/h3-4H,1H2,2H3,(H,20,21,22). The number of benzene rings is 1. The van der Waals surface area contributed by atoms with E-state index < -0.39 is 55.8 Å². The largest absolute Gasteiger partial charge is 0.423 e. The van der Waals surface area contributed by atoms with Crippen molar-refractivity contribution in [3.8, 4) is 5.75 Å². The van der Waals surface area contributed by atoms with E-state index in [9.17, 15) is 39.6 Å². The Morgan fingerprint density at radius 3 is 1.88 bits per heavy atom. The molecular weight excluding hydrogens is 370 g/mol. The van der Waals surface area contributed by atoms with Crippen molar-refractivity contribution in [1.29, 1.82) is 0 Å². The van der Waals surface area contributed by atoms with E-state index in [1.54, 1.807) is 0 Å². The normalized spacial score (nSPS) is 12.8. The molecule has 0 spiro atoms. The van der Waals surface area contributed by atoms with Gasteiger partial charge < -0.3 is 4.74 Å². The number of carbonyl (C=O) groups is 1. The van der Waals surface area contributed by atoms with Gasteiger partial charge in [0.15, 0.2) is 0 Å². The van der Waals surface area contributed by atoms with Gasteiger partial charge in [-0.05, 0) is 19.1 Å². The highest BCUT2D eigenvalue weighted by atomic mass is 32.2. The number of halogens is 6. The van der Waals surface area contributed by atoms with E-state index in [0.717, 1.165) is 6.92 Å². The molecule has 0 aliphatic carbocycles. The monoisotopic (exact) mass is 378 g/mol. The van der Waals surface area contributed by atoms with Crippen molar-refractivity contribution in [2.75, 3.05) is 0 Å². The number of hydrogen-bond acceptors (Lipinski definition) is 4. The Balaban J connectivity index is 3.91. The summed E-state index contributed by atoms with van der Waals surface area (Å²) >= 11 is 0. The van der Waals surface area contributed by atoms with Crippen molar-refractivity contribution >= 4 is 16.1 Å². The average Bonchev–Trinajstić information content (AvgIpc) is 2.34. The second-order valence-electron chi connectivity index (χ2n) is 4.45. The topological polar surface area (TPSA) is 80.7 Å². The molecule has 24 heavy (non-hydrogen) atoms. The highest BCUT2D eigenvalue weighted by Gasteiger charge is 2.49. The van der Waals surface area contributed by atoms with Crippen LogP contribution < -0.4 is 4.74 Å². The first-order chi connectivity index (χ1) is 10.6. The molecular formula is C12H8F6O5S. The number of hydrogen-bond donors (Lipinski definition) is 1. The van der Waals surface area contributed by atoms with Crippen molar-refractivity contribution in [2.24, 2.45) is 0 Å². The maximum Gasteiger partial charge on any atom is 0.420 e. The molecule has 1 rings (SSSR count). The minimum atomic E-state index is -5.82. The van der Waals surface area contributed by atoms with Crippen LogP contribution in [0, 0.1) is 0 Å². The lowest BCUT2D eigenvalue weighted by Gasteiger charge is -2.20. The fourth-order valence-corrected chi connectivity index (χ4v) is 2.33. The first-order valence-corrected chi connectivity index (χ1v) is 7.17. The zero-order chi connectivity index (χ0) is 19.1. The SMILES string of the molecule is C=C(C)C(=O)Oc1ccc(S(=O)(=O)O)c(C(F)(F)F)c1C(F)(F)F. The summed E-state index contributed by atoms with van der Waals surface area (Å²) < 4.78 is 113. The van der Waals surface area contributed by atoms with Gasteiger partial charge in [-0.25, -0.2) is 4.79 Å². The van der Waals surface area contributed by atoms with Crippen LogP contribution in [0.4, 0.5) is 26.3 Å². The van der Waals surface area contributed by atoms with E-state index in [0.29, 0.717) is 0 Å². The molecule has 0 unspecified atom stereocenters. The van der Waals surface area contributed by atoms with Gasteiger partial charge in [-0.2, -0.15) is 34.8 Å². The third kappa shape index (κ3) is 4.26. The van der Waals surface area contributed by atoms with Crippen LogP contribution in [0.2, 0.25) is 0 Å². The zero-order valence-corrected chi connectivity index (χ0v) is 12.4. The molecule has 1 aromatic carbocycles. The smallest absolute Gasteiger partial charge is 0.420 e. The van der Waals surface area contributed by atoms with Crippen molar-refractivity contribution in [1.82, 2.24) is 0 Å². The maximum atomic E-state index is 13.1. The summed E-state index contributed by atoms with van der Waals surface area (Å²) in [5, 5.41) is 0. The van der Waals surface area contributed by atoms with E-state index in [1.807, 2.05) is 0 Å². The van der Waals surface area contributed by atoms with Gasteiger partial charge in [0.25, 0.3) is 10.1 Å². The van der Waals surface area contributed by atoms with Crippen LogP contribution in [-0.4, -0.2) is 18.9 Å². The highest BCUT2D eigenvalue weighted by Crippen LogP contribution is 2.47. The Kier molecular flexibility index (Phi) is 5.07. The van der Waals surface area contributed by atoms with Crippen LogP contribution >= 0.6 is 0 Å². The Morgan fingerprint density at radius 2 is 1.54 bits per heavy atom. The van der Waals surface area contributed by atoms with Crippen molar-refractivity contribution in [2.45, 2.75) is 24.2 Å². The highest BCUT2D eigenvalue weighted by molar-refractivity contribution is 7.85. The first kappa shape index (κ1) is 20.0. The van der Waals surface area contributed by atoms with E-state index in [-0.39, 0.29) is 12.1 Å². The number of carbonyl (C=O) groups excluding carboxylic acids is 1. The summed E-state index contributed by atoms with van der Waals surface area (Å²) in [5.41, 5.74) is -5.65. The van der Waals surface area contributed by atoms with Crippen LogP contribution in [0.25, 0.3) is 0 Å². The molecule has 1 aromatic rings. The molecule has 0 bridgehead atoms. The summed E-state index contributed by atoms with van der Waals surface area (Å²) in [4.78, 5) is 9.28. The molecule has 1 N–H and O–H groups in total. The van der Waals surface area contributed by atoms with Gasteiger partial charge in [0, 0.05) is 5.57 Å². The van der Waals surface area contributed by atoms with Crippen LogP contribution in [0.1, 0.15) is 18.1 Å². The molecule has 5 nitrogen and oxygen atoms in total. The lowest BCUT2D eigenvalue weighted by molar-refractivity contribution is -0.165. The predicted octanol–water partition coefficient (Wildman–Crippen LogP) is 3.45. The van der Waals surface area contributed by atoms with E-state index in [2.05, 4.69) is 11.3 Å². The fourth-order valence-electron chi connectivity index (χ4n) is 1.61. The van der Waals surface area contributed by atoms with Crippen LogP contribution in [0.5, 0.6) is 5.75 Å².